The van der Waals surface area contributed by atoms with Gasteiger partial charge in [0.1, 0.15) is 5.82 Å². The molecular weight excluding hydrogens is 269 g/mol. The molecule has 3 N–H and O–H groups in total. The van der Waals surface area contributed by atoms with Crippen LogP contribution in [0.1, 0.15) is 5.56 Å². The van der Waals surface area contributed by atoms with E-state index in [-0.39, 0.29) is 5.39 Å². The van der Waals surface area contributed by atoms with Crippen LogP contribution in [-0.4, -0.2) is 14.8 Å². The summed E-state index contributed by atoms with van der Waals surface area (Å²) in [5.41, 5.74) is 6.56. The third-order valence-electron chi connectivity index (χ3n) is 3.27. The van der Waals surface area contributed by atoms with E-state index in [0.717, 1.165) is 6.07 Å². The van der Waals surface area contributed by atoms with E-state index in [4.69, 9.17) is 5.73 Å². The van der Waals surface area contributed by atoms with Gasteiger partial charge < -0.3 is 10.3 Å². The minimum absolute atomic E-state index is 0.158. The van der Waals surface area contributed by atoms with E-state index in [0.29, 0.717) is 22.7 Å². The van der Waals surface area contributed by atoms with E-state index in [1.807, 2.05) is 0 Å². The molecule has 20 heavy (non-hydrogen) atoms. The number of alkyl halides is 3. The van der Waals surface area contributed by atoms with Crippen LogP contribution in [0.3, 0.4) is 0 Å². The van der Waals surface area contributed by atoms with Gasteiger partial charge in [-0.2, -0.15) is 18.3 Å². The fourth-order valence-corrected chi connectivity index (χ4v) is 2.33. The van der Waals surface area contributed by atoms with Crippen molar-refractivity contribution in [1.29, 1.82) is 0 Å². The Morgan fingerprint density at radius 2 is 2.00 bits per heavy atom. The summed E-state index contributed by atoms with van der Waals surface area (Å²) in [4.78, 5) is 0. The molecule has 3 aromatic rings. The standard InChI is InChI=1S/C13H11F3N4/c1-20-10-4-2-3-8(13(14,15)16)7(10)5-11(20)9-6-12(17)19-18-9/h2-6H,1H3,(H3,17,18,19). The first kappa shape index (κ1) is 12.6. The number of halogens is 3. The quantitative estimate of drug-likeness (QED) is 0.719. The van der Waals surface area contributed by atoms with Crippen LogP contribution in [0.2, 0.25) is 0 Å². The van der Waals surface area contributed by atoms with Crippen molar-refractivity contribution < 1.29 is 13.2 Å². The molecule has 0 fully saturated rings. The SMILES string of the molecule is Cn1c(-c2cc(N)n[nH]2)cc2c(C(F)(F)F)cccc21. The lowest BCUT2D eigenvalue weighted by Gasteiger charge is -2.07. The number of fused-ring (bicyclic) bond motifs is 1. The lowest BCUT2D eigenvalue weighted by atomic mass is 10.1. The summed E-state index contributed by atoms with van der Waals surface area (Å²) in [5, 5.41) is 6.66. The first-order chi connectivity index (χ1) is 9.38. The minimum atomic E-state index is -4.38. The van der Waals surface area contributed by atoms with Crippen molar-refractivity contribution >= 4 is 16.7 Å². The van der Waals surface area contributed by atoms with Gasteiger partial charge in [-0.3, -0.25) is 5.10 Å². The monoisotopic (exact) mass is 280 g/mol. The van der Waals surface area contributed by atoms with Gasteiger partial charge in [0.2, 0.25) is 0 Å². The molecule has 4 nitrogen and oxygen atoms in total. The Balaban J connectivity index is 2.30. The molecule has 0 bridgehead atoms. The van der Waals surface area contributed by atoms with Gasteiger partial charge in [0, 0.05) is 24.0 Å². The second-order valence-electron chi connectivity index (χ2n) is 4.53. The number of nitrogens with zero attached hydrogens (tertiary/aromatic N) is 2. The Kier molecular flexibility index (Phi) is 2.53. The fourth-order valence-electron chi connectivity index (χ4n) is 2.33. The van der Waals surface area contributed by atoms with E-state index in [1.54, 1.807) is 23.7 Å². The molecule has 3 rings (SSSR count). The number of anilines is 1. The minimum Gasteiger partial charge on any atom is -0.382 e. The first-order valence-corrected chi connectivity index (χ1v) is 5.85. The Labute approximate surface area is 112 Å². The normalized spacial score (nSPS) is 12.2. The van der Waals surface area contributed by atoms with Crippen molar-refractivity contribution in [3.8, 4) is 11.4 Å². The Bertz CT molecular complexity index is 783. The number of benzene rings is 1. The maximum Gasteiger partial charge on any atom is 0.417 e. The van der Waals surface area contributed by atoms with E-state index >= 15 is 0 Å². The summed E-state index contributed by atoms with van der Waals surface area (Å²) >= 11 is 0. The zero-order valence-corrected chi connectivity index (χ0v) is 10.5. The average Bonchev–Trinajstić information content (AvgIpc) is 2.92. The highest BCUT2D eigenvalue weighted by atomic mass is 19.4. The van der Waals surface area contributed by atoms with Gasteiger partial charge in [0.15, 0.2) is 0 Å². The fraction of sp³-hybridized carbons (Fsp3) is 0.154. The zero-order valence-electron chi connectivity index (χ0n) is 10.5. The van der Waals surface area contributed by atoms with Crippen molar-refractivity contribution in [3.05, 3.63) is 35.9 Å². The third kappa shape index (κ3) is 1.82. The molecule has 0 saturated carbocycles. The predicted molar refractivity (Wildman–Crippen MR) is 69.9 cm³/mol. The summed E-state index contributed by atoms with van der Waals surface area (Å²) < 4.78 is 40.7. The van der Waals surface area contributed by atoms with Crippen molar-refractivity contribution in [2.75, 3.05) is 5.73 Å². The van der Waals surface area contributed by atoms with Gasteiger partial charge in [0.25, 0.3) is 0 Å². The van der Waals surface area contributed by atoms with Crippen LogP contribution in [0.5, 0.6) is 0 Å². The van der Waals surface area contributed by atoms with Crippen molar-refractivity contribution in [2.45, 2.75) is 6.18 Å². The number of aromatic nitrogens is 3. The predicted octanol–water partition coefficient (Wildman–Crippen LogP) is 3.17. The third-order valence-corrected chi connectivity index (χ3v) is 3.27. The van der Waals surface area contributed by atoms with Gasteiger partial charge in [-0.05, 0) is 18.2 Å². The van der Waals surface area contributed by atoms with Gasteiger partial charge in [-0.25, -0.2) is 0 Å². The molecule has 0 unspecified atom stereocenters. The number of nitrogens with one attached hydrogen (secondary N) is 1. The molecular formula is C13H11F3N4. The smallest absolute Gasteiger partial charge is 0.382 e. The maximum absolute atomic E-state index is 13.0. The van der Waals surface area contributed by atoms with Gasteiger partial charge in [0.05, 0.1) is 17.0 Å². The highest BCUT2D eigenvalue weighted by molar-refractivity contribution is 5.89. The van der Waals surface area contributed by atoms with Crippen molar-refractivity contribution in [1.82, 2.24) is 14.8 Å². The molecule has 0 spiro atoms. The summed E-state index contributed by atoms with van der Waals surface area (Å²) in [6, 6.07) is 7.20. The highest BCUT2D eigenvalue weighted by Gasteiger charge is 2.33. The summed E-state index contributed by atoms with van der Waals surface area (Å²) in [7, 11) is 1.70. The highest BCUT2D eigenvalue weighted by Crippen LogP contribution is 2.37. The Morgan fingerprint density at radius 1 is 1.25 bits per heavy atom. The average molecular weight is 280 g/mol. The second-order valence-corrected chi connectivity index (χ2v) is 4.53. The molecule has 0 aliphatic heterocycles. The largest absolute Gasteiger partial charge is 0.417 e. The zero-order chi connectivity index (χ0) is 14.5. The number of H-pyrrole nitrogens is 1. The number of hydrogen-bond donors (Lipinski definition) is 2. The number of aryl methyl sites for hydroxylation is 1. The summed E-state index contributed by atoms with van der Waals surface area (Å²) in [5.74, 6) is 0.293. The van der Waals surface area contributed by atoms with Gasteiger partial charge >= 0.3 is 6.18 Å². The molecule has 0 aliphatic carbocycles. The molecule has 0 amide bonds. The second kappa shape index (κ2) is 4.03. The van der Waals surface area contributed by atoms with Crippen molar-refractivity contribution in [2.24, 2.45) is 7.05 Å². The lowest BCUT2D eigenvalue weighted by molar-refractivity contribution is -0.136. The number of nitrogens with two attached hydrogens (primary N) is 1. The molecule has 0 aliphatic rings. The van der Waals surface area contributed by atoms with Crippen LogP contribution >= 0.6 is 0 Å². The summed E-state index contributed by atoms with van der Waals surface area (Å²) in [6.07, 6.45) is -4.38. The van der Waals surface area contributed by atoms with Crippen LogP contribution in [-0.2, 0) is 13.2 Å². The molecule has 104 valence electrons. The van der Waals surface area contributed by atoms with Crippen LogP contribution < -0.4 is 5.73 Å². The van der Waals surface area contributed by atoms with E-state index in [1.165, 1.54) is 12.1 Å². The van der Waals surface area contributed by atoms with Crippen LogP contribution in [0.15, 0.2) is 30.3 Å². The van der Waals surface area contributed by atoms with Crippen molar-refractivity contribution in [3.63, 3.8) is 0 Å². The molecule has 0 radical (unpaired) electrons. The maximum atomic E-state index is 13.0. The van der Waals surface area contributed by atoms with E-state index in [9.17, 15) is 13.2 Å². The van der Waals surface area contributed by atoms with Gasteiger partial charge in [-0.1, -0.05) is 6.07 Å². The van der Waals surface area contributed by atoms with Gasteiger partial charge in [-0.15, -0.1) is 0 Å². The number of rotatable bonds is 1. The van der Waals surface area contributed by atoms with Crippen LogP contribution in [0, 0.1) is 0 Å². The molecule has 1 aromatic carbocycles. The molecule has 0 atom stereocenters. The molecule has 2 heterocycles. The summed E-state index contributed by atoms with van der Waals surface area (Å²) in [6.45, 7) is 0. The number of hydrogen-bond acceptors (Lipinski definition) is 2. The molecule has 2 aromatic heterocycles. The number of nitrogen functional groups attached to an aromatic ring is 1. The van der Waals surface area contributed by atoms with E-state index < -0.39 is 11.7 Å². The van der Waals surface area contributed by atoms with Crippen LogP contribution in [0.25, 0.3) is 22.3 Å². The Morgan fingerprint density at radius 3 is 2.60 bits per heavy atom. The topological polar surface area (TPSA) is 59.6 Å². The van der Waals surface area contributed by atoms with E-state index in [2.05, 4.69) is 10.2 Å². The number of aromatic amines is 1. The Hall–Kier alpha value is -2.44. The lowest BCUT2D eigenvalue weighted by Crippen LogP contribution is -2.05. The molecule has 0 saturated heterocycles. The molecule has 7 heteroatoms. The first-order valence-electron chi connectivity index (χ1n) is 5.85. The van der Waals surface area contributed by atoms with Crippen LogP contribution in [0.4, 0.5) is 19.0 Å².